The predicted molar refractivity (Wildman–Crippen MR) is 57.0 cm³/mol. The normalized spacial score (nSPS) is 10.0. The summed E-state index contributed by atoms with van der Waals surface area (Å²) in [6.07, 6.45) is 3.63. The first kappa shape index (κ1) is 9.85. The van der Waals surface area contributed by atoms with Crippen LogP contribution in [0.5, 0.6) is 5.75 Å². The Morgan fingerprint density at radius 3 is 2.31 bits per heavy atom. The highest BCUT2D eigenvalue weighted by molar-refractivity contribution is 5.56. The van der Waals surface area contributed by atoms with E-state index in [2.05, 4.69) is 13.5 Å². The molecule has 13 heavy (non-hydrogen) atoms. The molecule has 0 radical (unpaired) electrons. The molecule has 0 aliphatic heterocycles. The smallest absolute Gasteiger partial charge is 0.119 e. The van der Waals surface area contributed by atoms with E-state index in [0.717, 1.165) is 29.5 Å². The van der Waals surface area contributed by atoms with E-state index in [1.165, 1.54) is 0 Å². The van der Waals surface area contributed by atoms with Crippen molar-refractivity contribution in [2.75, 3.05) is 0 Å². The van der Waals surface area contributed by atoms with E-state index in [-0.39, 0.29) is 0 Å². The van der Waals surface area contributed by atoms with Gasteiger partial charge in [0.1, 0.15) is 5.75 Å². The zero-order valence-electron chi connectivity index (χ0n) is 8.30. The summed E-state index contributed by atoms with van der Waals surface area (Å²) < 4.78 is 0. The maximum Gasteiger partial charge on any atom is 0.119 e. The van der Waals surface area contributed by atoms with Crippen LogP contribution >= 0.6 is 0 Å². The number of rotatable bonds is 3. The van der Waals surface area contributed by atoms with Crippen LogP contribution in [0.3, 0.4) is 0 Å². The van der Waals surface area contributed by atoms with Crippen molar-refractivity contribution in [3.63, 3.8) is 0 Å². The Morgan fingerprint density at radius 2 is 1.85 bits per heavy atom. The molecule has 0 aromatic heterocycles. The maximum absolute atomic E-state index is 9.61. The minimum Gasteiger partial charge on any atom is -0.508 e. The highest BCUT2D eigenvalue weighted by Crippen LogP contribution is 2.24. The minimum absolute atomic E-state index is 0.407. The largest absolute Gasteiger partial charge is 0.508 e. The Hall–Kier alpha value is -1.24. The Morgan fingerprint density at radius 1 is 1.23 bits per heavy atom. The van der Waals surface area contributed by atoms with Gasteiger partial charge in [-0.15, -0.1) is 0 Å². The van der Waals surface area contributed by atoms with E-state index in [0.29, 0.717) is 5.75 Å². The van der Waals surface area contributed by atoms with Crippen molar-refractivity contribution in [3.05, 3.63) is 35.4 Å². The minimum atomic E-state index is 0.407. The fourth-order valence-electron chi connectivity index (χ4n) is 1.47. The van der Waals surface area contributed by atoms with Crippen molar-refractivity contribution in [1.29, 1.82) is 0 Å². The van der Waals surface area contributed by atoms with E-state index >= 15 is 0 Å². The van der Waals surface area contributed by atoms with Crippen molar-refractivity contribution in [2.45, 2.75) is 26.7 Å². The molecule has 0 unspecified atom stereocenters. The molecule has 1 nitrogen and oxygen atoms in total. The molecule has 0 bridgehead atoms. The summed E-state index contributed by atoms with van der Waals surface area (Å²) in [5.41, 5.74) is 3.29. The molecule has 0 spiro atoms. The van der Waals surface area contributed by atoms with E-state index < -0.39 is 0 Å². The third-order valence-electron chi connectivity index (χ3n) is 2.32. The van der Waals surface area contributed by atoms with Crippen molar-refractivity contribution < 1.29 is 5.11 Å². The fourth-order valence-corrected chi connectivity index (χ4v) is 1.47. The average molecular weight is 176 g/mol. The van der Waals surface area contributed by atoms with Gasteiger partial charge < -0.3 is 5.11 Å². The lowest BCUT2D eigenvalue weighted by atomic mass is 10.00. The number of phenols is 1. The predicted octanol–water partition coefficient (Wildman–Crippen LogP) is 3.16. The summed E-state index contributed by atoms with van der Waals surface area (Å²) in [4.78, 5) is 0. The quantitative estimate of drug-likeness (QED) is 0.750. The number of hydrogen-bond acceptors (Lipinski definition) is 1. The van der Waals surface area contributed by atoms with E-state index in [9.17, 15) is 5.11 Å². The third kappa shape index (κ3) is 1.92. The maximum atomic E-state index is 9.61. The summed E-state index contributed by atoms with van der Waals surface area (Å²) >= 11 is 0. The third-order valence-corrected chi connectivity index (χ3v) is 2.32. The molecule has 1 heteroatoms. The second kappa shape index (κ2) is 4.13. The Balaban J connectivity index is 3.26. The molecule has 0 saturated carbocycles. The van der Waals surface area contributed by atoms with Crippen LogP contribution in [-0.2, 0) is 12.8 Å². The molecule has 1 aromatic rings. The molecule has 70 valence electrons. The van der Waals surface area contributed by atoms with E-state index in [1.807, 2.05) is 25.1 Å². The molecular formula is C12H16O. The summed E-state index contributed by atoms with van der Waals surface area (Å²) in [5, 5.41) is 9.61. The first-order chi connectivity index (χ1) is 6.22. The van der Waals surface area contributed by atoms with Crippen LogP contribution in [0.2, 0.25) is 0 Å². The van der Waals surface area contributed by atoms with Crippen molar-refractivity contribution in [3.8, 4) is 5.75 Å². The molecule has 0 heterocycles. The highest BCUT2D eigenvalue weighted by atomic mass is 16.3. The number of aryl methyl sites for hydroxylation is 2. The Bertz CT molecular complexity index is 313. The summed E-state index contributed by atoms with van der Waals surface area (Å²) in [6.45, 7) is 7.88. The average Bonchev–Trinajstić information content (AvgIpc) is 2.17. The summed E-state index contributed by atoms with van der Waals surface area (Å²) in [7, 11) is 0. The van der Waals surface area contributed by atoms with Crippen LogP contribution in [-0.4, -0.2) is 5.11 Å². The first-order valence-electron chi connectivity index (χ1n) is 4.70. The van der Waals surface area contributed by atoms with Gasteiger partial charge in [0.25, 0.3) is 0 Å². The van der Waals surface area contributed by atoms with Gasteiger partial charge in [0.05, 0.1) is 0 Å². The van der Waals surface area contributed by atoms with Gasteiger partial charge in [-0.05, 0) is 41.7 Å². The van der Waals surface area contributed by atoms with Gasteiger partial charge in [0.2, 0.25) is 0 Å². The Labute approximate surface area is 79.7 Å². The van der Waals surface area contributed by atoms with E-state index in [1.54, 1.807) is 0 Å². The van der Waals surface area contributed by atoms with Crippen LogP contribution in [0.1, 0.15) is 30.5 Å². The number of phenolic OH excluding ortho intramolecular Hbond substituents is 1. The van der Waals surface area contributed by atoms with E-state index in [4.69, 9.17) is 0 Å². The Kier molecular flexibility index (Phi) is 3.13. The second-order valence-corrected chi connectivity index (χ2v) is 3.09. The number of aromatic hydroxyl groups is 1. The number of benzene rings is 1. The standard InChI is InChI=1S/C12H16O/c1-4-9-7-11(6-3)12(13)8-10(9)5-2/h4,7-8,13H,1,5-6H2,2-3H3. The second-order valence-electron chi connectivity index (χ2n) is 3.09. The molecule has 0 aliphatic carbocycles. The van der Waals surface area contributed by atoms with Gasteiger partial charge in [-0.1, -0.05) is 26.5 Å². The molecule has 0 saturated heterocycles. The summed E-state index contributed by atoms with van der Waals surface area (Å²) in [6, 6.07) is 3.86. The monoisotopic (exact) mass is 176 g/mol. The lowest BCUT2D eigenvalue weighted by Gasteiger charge is -2.08. The lowest BCUT2D eigenvalue weighted by Crippen LogP contribution is -1.90. The van der Waals surface area contributed by atoms with Crippen LogP contribution in [0, 0.1) is 0 Å². The summed E-state index contributed by atoms with van der Waals surface area (Å²) in [5.74, 6) is 0.407. The van der Waals surface area contributed by atoms with Gasteiger partial charge in [-0.25, -0.2) is 0 Å². The lowest BCUT2D eigenvalue weighted by molar-refractivity contribution is 0.468. The van der Waals surface area contributed by atoms with Crippen molar-refractivity contribution in [1.82, 2.24) is 0 Å². The first-order valence-corrected chi connectivity index (χ1v) is 4.70. The molecule has 1 rings (SSSR count). The molecule has 0 aliphatic rings. The number of hydrogen-bond donors (Lipinski definition) is 1. The van der Waals surface area contributed by atoms with Crippen LogP contribution in [0.4, 0.5) is 0 Å². The molecule has 0 fully saturated rings. The van der Waals surface area contributed by atoms with Gasteiger partial charge >= 0.3 is 0 Å². The topological polar surface area (TPSA) is 20.2 Å². The fraction of sp³-hybridized carbons (Fsp3) is 0.333. The zero-order valence-corrected chi connectivity index (χ0v) is 8.30. The van der Waals surface area contributed by atoms with Crippen LogP contribution in [0.15, 0.2) is 18.7 Å². The van der Waals surface area contributed by atoms with Crippen molar-refractivity contribution in [2.24, 2.45) is 0 Å². The molecule has 1 aromatic carbocycles. The SMILES string of the molecule is C=Cc1cc(CC)c(O)cc1CC. The highest BCUT2D eigenvalue weighted by Gasteiger charge is 2.04. The molecule has 0 atom stereocenters. The zero-order chi connectivity index (χ0) is 9.84. The van der Waals surface area contributed by atoms with Crippen LogP contribution in [0.25, 0.3) is 6.08 Å². The molecule has 1 N–H and O–H groups in total. The van der Waals surface area contributed by atoms with Crippen LogP contribution < -0.4 is 0 Å². The molecule has 0 amide bonds. The van der Waals surface area contributed by atoms with Gasteiger partial charge in [-0.2, -0.15) is 0 Å². The van der Waals surface area contributed by atoms with Gasteiger partial charge in [-0.3, -0.25) is 0 Å². The van der Waals surface area contributed by atoms with Gasteiger partial charge in [0, 0.05) is 0 Å². The molecular weight excluding hydrogens is 160 g/mol. The van der Waals surface area contributed by atoms with Gasteiger partial charge in [0.15, 0.2) is 0 Å². The van der Waals surface area contributed by atoms with Crippen molar-refractivity contribution >= 4 is 6.08 Å².